The normalized spacial score (nSPS) is 16.7. The zero-order valence-electron chi connectivity index (χ0n) is 15.5. The molecule has 0 amide bonds. The maximum absolute atomic E-state index is 5.96. The molecule has 1 heterocycles. The SMILES string of the molecule is CN=C(NCc1oc2ccccc2c1C)NCC1(CCOC)CCC1. The summed E-state index contributed by atoms with van der Waals surface area (Å²) in [4.78, 5) is 4.35. The first-order valence-corrected chi connectivity index (χ1v) is 9.08. The number of ether oxygens (including phenoxy) is 1. The minimum Gasteiger partial charge on any atom is -0.459 e. The molecule has 25 heavy (non-hydrogen) atoms. The molecule has 0 aliphatic heterocycles. The van der Waals surface area contributed by atoms with Crippen molar-refractivity contribution in [1.82, 2.24) is 10.6 Å². The summed E-state index contributed by atoms with van der Waals surface area (Å²) in [5.74, 6) is 1.78. The molecule has 1 aromatic carbocycles. The summed E-state index contributed by atoms with van der Waals surface area (Å²) in [6.45, 7) is 4.50. The Bertz CT molecular complexity index is 732. The van der Waals surface area contributed by atoms with Crippen molar-refractivity contribution >= 4 is 16.9 Å². The number of hydrogen-bond acceptors (Lipinski definition) is 3. The molecule has 136 valence electrons. The van der Waals surface area contributed by atoms with Crippen LogP contribution in [0.2, 0.25) is 0 Å². The van der Waals surface area contributed by atoms with E-state index in [-0.39, 0.29) is 0 Å². The predicted octanol–water partition coefficient (Wildman–Crippen LogP) is 3.61. The lowest BCUT2D eigenvalue weighted by atomic mass is 9.67. The summed E-state index contributed by atoms with van der Waals surface area (Å²) < 4.78 is 11.2. The zero-order valence-corrected chi connectivity index (χ0v) is 15.5. The Morgan fingerprint density at radius 3 is 2.72 bits per heavy atom. The molecule has 3 rings (SSSR count). The molecule has 1 fully saturated rings. The van der Waals surface area contributed by atoms with Crippen LogP contribution in [0.5, 0.6) is 0 Å². The Labute approximate surface area is 149 Å². The molecule has 0 unspecified atom stereocenters. The van der Waals surface area contributed by atoms with Gasteiger partial charge in [-0.15, -0.1) is 0 Å². The van der Waals surface area contributed by atoms with Crippen LogP contribution in [0.25, 0.3) is 11.0 Å². The number of methoxy groups -OCH3 is 1. The maximum atomic E-state index is 5.96. The highest BCUT2D eigenvalue weighted by atomic mass is 16.5. The van der Waals surface area contributed by atoms with Gasteiger partial charge < -0.3 is 19.8 Å². The van der Waals surface area contributed by atoms with Crippen molar-refractivity contribution in [3.63, 3.8) is 0 Å². The van der Waals surface area contributed by atoms with E-state index in [1.807, 2.05) is 25.2 Å². The largest absolute Gasteiger partial charge is 0.459 e. The second-order valence-corrected chi connectivity index (χ2v) is 7.02. The lowest BCUT2D eigenvalue weighted by Crippen LogP contribution is -2.46. The van der Waals surface area contributed by atoms with Crippen LogP contribution in [0.4, 0.5) is 0 Å². The number of fused-ring (bicyclic) bond motifs is 1. The van der Waals surface area contributed by atoms with Crippen molar-refractivity contribution in [3.8, 4) is 0 Å². The average molecular weight is 343 g/mol. The first kappa shape index (κ1) is 17.8. The van der Waals surface area contributed by atoms with Crippen molar-refractivity contribution in [1.29, 1.82) is 0 Å². The van der Waals surface area contributed by atoms with Gasteiger partial charge in [-0.1, -0.05) is 24.6 Å². The highest BCUT2D eigenvalue weighted by Gasteiger charge is 2.36. The molecular weight excluding hydrogens is 314 g/mol. The first-order valence-electron chi connectivity index (χ1n) is 9.08. The third-order valence-electron chi connectivity index (χ3n) is 5.46. The van der Waals surface area contributed by atoms with Gasteiger partial charge in [0.2, 0.25) is 0 Å². The van der Waals surface area contributed by atoms with Crippen molar-refractivity contribution in [3.05, 3.63) is 35.6 Å². The average Bonchev–Trinajstić information content (AvgIpc) is 2.92. The van der Waals surface area contributed by atoms with E-state index in [4.69, 9.17) is 9.15 Å². The third kappa shape index (κ3) is 3.98. The highest BCUT2D eigenvalue weighted by Crippen LogP contribution is 2.43. The molecule has 1 saturated carbocycles. The van der Waals surface area contributed by atoms with E-state index >= 15 is 0 Å². The van der Waals surface area contributed by atoms with Crippen molar-refractivity contribution in [2.24, 2.45) is 10.4 Å². The van der Waals surface area contributed by atoms with Gasteiger partial charge in [0, 0.05) is 38.3 Å². The van der Waals surface area contributed by atoms with Gasteiger partial charge in [-0.05, 0) is 37.7 Å². The number of furan rings is 1. The summed E-state index contributed by atoms with van der Waals surface area (Å²) >= 11 is 0. The zero-order chi connectivity index (χ0) is 17.7. The predicted molar refractivity (Wildman–Crippen MR) is 102 cm³/mol. The maximum Gasteiger partial charge on any atom is 0.191 e. The quantitative estimate of drug-likeness (QED) is 0.595. The van der Waals surface area contributed by atoms with Crippen molar-refractivity contribution in [2.45, 2.75) is 39.2 Å². The fraction of sp³-hybridized carbons (Fsp3) is 0.550. The molecule has 2 N–H and O–H groups in total. The Morgan fingerprint density at radius 2 is 2.08 bits per heavy atom. The minimum atomic E-state index is 0.364. The van der Waals surface area contributed by atoms with Crippen LogP contribution in [0.1, 0.15) is 37.0 Å². The summed E-state index contributed by atoms with van der Waals surface area (Å²) in [5, 5.41) is 8.04. The molecule has 5 nitrogen and oxygen atoms in total. The van der Waals surface area contributed by atoms with Crippen LogP contribution in [0, 0.1) is 12.3 Å². The van der Waals surface area contributed by atoms with Gasteiger partial charge in [0.05, 0.1) is 6.54 Å². The summed E-state index contributed by atoms with van der Waals surface area (Å²) in [6, 6.07) is 8.15. The Hall–Kier alpha value is -2.01. The molecule has 0 bridgehead atoms. The number of hydrogen-bond donors (Lipinski definition) is 2. The molecule has 2 aromatic rings. The van der Waals surface area contributed by atoms with Gasteiger partial charge in [-0.3, -0.25) is 4.99 Å². The second kappa shape index (κ2) is 7.91. The van der Waals surface area contributed by atoms with Crippen molar-refractivity contribution < 1.29 is 9.15 Å². The fourth-order valence-electron chi connectivity index (χ4n) is 3.56. The Morgan fingerprint density at radius 1 is 1.28 bits per heavy atom. The van der Waals surface area contributed by atoms with Gasteiger partial charge in [-0.25, -0.2) is 0 Å². The van der Waals surface area contributed by atoms with Gasteiger partial charge in [0.25, 0.3) is 0 Å². The summed E-state index contributed by atoms with van der Waals surface area (Å²) in [7, 11) is 3.58. The molecule has 0 saturated heterocycles. The topological polar surface area (TPSA) is 58.8 Å². The number of guanidine groups is 1. The van der Waals surface area contributed by atoms with E-state index in [2.05, 4.69) is 28.6 Å². The molecule has 0 radical (unpaired) electrons. The number of aryl methyl sites for hydroxylation is 1. The van der Waals surface area contributed by atoms with Crippen LogP contribution in [-0.4, -0.2) is 33.3 Å². The van der Waals surface area contributed by atoms with E-state index in [1.165, 1.54) is 30.2 Å². The minimum absolute atomic E-state index is 0.364. The van der Waals surface area contributed by atoms with Crippen molar-refractivity contribution in [2.75, 3.05) is 27.3 Å². The smallest absolute Gasteiger partial charge is 0.191 e. The molecule has 1 aliphatic carbocycles. The van der Waals surface area contributed by atoms with Crippen LogP contribution >= 0.6 is 0 Å². The molecular formula is C20H29N3O2. The van der Waals surface area contributed by atoms with E-state index in [0.29, 0.717) is 12.0 Å². The number of nitrogens with one attached hydrogen (secondary N) is 2. The standard InChI is InChI=1S/C20H29N3O2/c1-15-16-7-4-5-8-17(16)25-18(15)13-22-19(21-2)23-14-20(9-6-10-20)11-12-24-3/h4-5,7-8H,6,9-14H2,1-3H3,(H2,21,22,23). The molecule has 5 heteroatoms. The number of aliphatic imine (C=N–C) groups is 1. The molecule has 0 spiro atoms. The lowest BCUT2D eigenvalue weighted by molar-refractivity contribution is 0.0732. The second-order valence-electron chi connectivity index (χ2n) is 7.02. The molecule has 1 aromatic heterocycles. The monoisotopic (exact) mass is 343 g/mol. The third-order valence-corrected chi connectivity index (χ3v) is 5.46. The van der Waals surface area contributed by atoms with Gasteiger partial charge >= 0.3 is 0 Å². The molecule has 1 aliphatic rings. The summed E-state index contributed by atoms with van der Waals surface area (Å²) in [6.07, 6.45) is 4.96. The summed E-state index contributed by atoms with van der Waals surface area (Å²) in [5.41, 5.74) is 2.49. The number of rotatable bonds is 7. The number of benzene rings is 1. The van der Waals surface area contributed by atoms with Crippen LogP contribution in [0.15, 0.2) is 33.7 Å². The van der Waals surface area contributed by atoms with E-state index < -0.39 is 0 Å². The van der Waals surface area contributed by atoms with E-state index in [1.54, 1.807) is 7.11 Å². The van der Waals surface area contributed by atoms with Crippen LogP contribution in [0.3, 0.4) is 0 Å². The van der Waals surface area contributed by atoms with Gasteiger partial charge in [0.15, 0.2) is 5.96 Å². The van der Waals surface area contributed by atoms with E-state index in [9.17, 15) is 0 Å². The highest BCUT2D eigenvalue weighted by molar-refractivity contribution is 5.82. The van der Waals surface area contributed by atoms with Gasteiger partial charge in [-0.2, -0.15) is 0 Å². The van der Waals surface area contributed by atoms with Crippen LogP contribution < -0.4 is 10.6 Å². The van der Waals surface area contributed by atoms with E-state index in [0.717, 1.165) is 36.9 Å². The van der Waals surface area contributed by atoms with Crippen LogP contribution in [-0.2, 0) is 11.3 Å². The first-order chi connectivity index (χ1) is 12.2. The fourth-order valence-corrected chi connectivity index (χ4v) is 3.56. The number of nitrogens with zero attached hydrogens (tertiary/aromatic N) is 1. The Kier molecular flexibility index (Phi) is 5.63. The van der Waals surface area contributed by atoms with Gasteiger partial charge in [0.1, 0.15) is 11.3 Å². The lowest BCUT2D eigenvalue weighted by Gasteiger charge is -2.42. The number of para-hydroxylation sites is 1. The molecule has 0 atom stereocenters. The Balaban J connectivity index is 1.56.